The van der Waals surface area contributed by atoms with Gasteiger partial charge in [0.2, 0.25) is 0 Å². The van der Waals surface area contributed by atoms with E-state index in [1.54, 1.807) is 0 Å². The van der Waals surface area contributed by atoms with E-state index in [1.165, 1.54) is 24.8 Å². The predicted octanol–water partition coefficient (Wildman–Crippen LogP) is 1.71. The van der Waals surface area contributed by atoms with Crippen molar-refractivity contribution >= 4 is 5.82 Å². The third kappa shape index (κ3) is 2.65. The van der Waals surface area contributed by atoms with Crippen LogP contribution < -0.4 is 10.2 Å². The van der Waals surface area contributed by atoms with Gasteiger partial charge in [-0.15, -0.1) is 0 Å². The lowest BCUT2D eigenvalue weighted by molar-refractivity contribution is 0.282. The van der Waals surface area contributed by atoms with E-state index in [1.807, 2.05) is 19.3 Å². The number of nitrogens with one attached hydrogen (secondary N) is 1. The number of hydrogen-bond acceptors (Lipinski definition) is 4. The SMILES string of the molecule is CNC(C)c1cccnc1N(CCO)C1CCC1. The number of aromatic nitrogens is 1. The number of aliphatic hydroxyl groups is 1. The molecule has 0 aromatic carbocycles. The van der Waals surface area contributed by atoms with Crippen LogP contribution in [0.1, 0.15) is 37.8 Å². The first-order chi connectivity index (χ1) is 8.77. The van der Waals surface area contributed by atoms with E-state index in [0.29, 0.717) is 12.6 Å². The van der Waals surface area contributed by atoms with E-state index in [2.05, 4.69) is 28.2 Å². The van der Waals surface area contributed by atoms with E-state index >= 15 is 0 Å². The van der Waals surface area contributed by atoms with Crippen LogP contribution in [-0.2, 0) is 0 Å². The molecule has 0 spiro atoms. The molecule has 1 aliphatic rings. The number of rotatable bonds is 6. The summed E-state index contributed by atoms with van der Waals surface area (Å²) in [6.45, 7) is 2.99. The van der Waals surface area contributed by atoms with Crippen molar-refractivity contribution in [3.63, 3.8) is 0 Å². The largest absolute Gasteiger partial charge is 0.395 e. The Morgan fingerprint density at radius 3 is 2.89 bits per heavy atom. The Bertz CT molecular complexity index is 379. The second-order valence-corrected chi connectivity index (χ2v) is 4.93. The Morgan fingerprint density at radius 1 is 1.56 bits per heavy atom. The van der Waals surface area contributed by atoms with Gasteiger partial charge in [-0.3, -0.25) is 0 Å². The summed E-state index contributed by atoms with van der Waals surface area (Å²) >= 11 is 0. The molecule has 2 rings (SSSR count). The second-order valence-electron chi connectivity index (χ2n) is 4.93. The highest BCUT2D eigenvalue weighted by atomic mass is 16.3. The number of hydrogen-bond donors (Lipinski definition) is 2. The third-order valence-electron chi connectivity index (χ3n) is 3.84. The molecule has 4 heteroatoms. The van der Waals surface area contributed by atoms with Gasteiger partial charge >= 0.3 is 0 Å². The summed E-state index contributed by atoms with van der Waals surface area (Å²) in [5.74, 6) is 1.03. The van der Waals surface area contributed by atoms with Crippen LogP contribution in [0.2, 0.25) is 0 Å². The van der Waals surface area contributed by atoms with Crippen molar-refractivity contribution in [3.8, 4) is 0 Å². The topological polar surface area (TPSA) is 48.4 Å². The van der Waals surface area contributed by atoms with Crippen LogP contribution in [-0.4, -0.2) is 36.3 Å². The monoisotopic (exact) mass is 249 g/mol. The van der Waals surface area contributed by atoms with Gasteiger partial charge in [0.1, 0.15) is 5.82 Å². The van der Waals surface area contributed by atoms with E-state index in [9.17, 15) is 5.11 Å². The molecule has 18 heavy (non-hydrogen) atoms. The highest BCUT2D eigenvalue weighted by Gasteiger charge is 2.27. The van der Waals surface area contributed by atoms with Gasteiger partial charge in [-0.25, -0.2) is 4.98 Å². The van der Waals surface area contributed by atoms with Gasteiger partial charge in [0.25, 0.3) is 0 Å². The molecule has 1 heterocycles. The first-order valence-electron chi connectivity index (χ1n) is 6.77. The van der Waals surface area contributed by atoms with Crippen LogP contribution in [0, 0.1) is 0 Å². The molecule has 4 nitrogen and oxygen atoms in total. The fourth-order valence-electron chi connectivity index (χ4n) is 2.41. The summed E-state index contributed by atoms with van der Waals surface area (Å²) in [7, 11) is 1.96. The van der Waals surface area contributed by atoms with Crippen LogP contribution in [0.4, 0.5) is 5.82 Å². The summed E-state index contributed by atoms with van der Waals surface area (Å²) < 4.78 is 0. The van der Waals surface area contributed by atoms with E-state index < -0.39 is 0 Å². The maximum Gasteiger partial charge on any atom is 0.133 e. The summed E-state index contributed by atoms with van der Waals surface area (Å²) in [5.41, 5.74) is 1.21. The zero-order valence-corrected chi connectivity index (χ0v) is 11.3. The highest BCUT2D eigenvalue weighted by molar-refractivity contribution is 5.49. The first kappa shape index (κ1) is 13.3. The van der Waals surface area contributed by atoms with E-state index in [-0.39, 0.29) is 12.6 Å². The molecule has 0 aliphatic heterocycles. The number of aliphatic hydroxyl groups excluding tert-OH is 1. The Balaban J connectivity index is 2.27. The second kappa shape index (κ2) is 6.16. The maximum absolute atomic E-state index is 9.27. The number of anilines is 1. The molecule has 2 N–H and O–H groups in total. The molecule has 0 radical (unpaired) electrons. The Kier molecular flexibility index (Phi) is 4.55. The summed E-state index contributed by atoms with van der Waals surface area (Å²) in [5, 5.41) is 12.5. The van der Waals surface area contributed by atoms with Crippen molar-refractivity contribution in [2.24, 2.45) is 0 Å². The third-order valence-corrected chi connectivity index (χ3v) is 3.84. The summed E-state index contributed by atoms with van der Waals surface area (Å²) in [4.78, 5) is 6.81. The Labute approximate surface area is 109 Å². The lowest BCUT2D eigenvalue weighted by Crippen LogP contribution is -2.43. The van der Waals surface area contributed by atoms with Gasteiger partial charge in [-0.2, -0.15) is 0 Å². The minimum atomic E-state index is 0.181. The molecule has 1 atom stereocenters. The molecular weight excluding hydrogens is 226 g/mol. The normalized spacial score (nSPS) is 17.3. The quantitative estimate of drug-likeness (QED) is 0.806. The van der Waals surface area contributed by atoms with Crippen LogP contribution in [0.15, 0.2) is 18.3 Å². The van der Waals surface area contributed by atoms with Gasteiger partial charge in [0.05, 0.1) is 6.61 Å². The van der Waals surface area contributed by atoms with Gasteiger partial charge in [0.15, 0.2) is 0 Å². The standard InChI is InChI=1S/C14H23N3O/c1-11(15-2)13-7-4-8-16-14(13)17(9-10-18)12-5-3-6-12/h4,7-8,11-12,15,18H,3,5-6,9-10H2,1-2H3. The fraction of sp³-hybridized carbons (Fsp3) is 0.643. The minimum Gasteiger partial charge on any atom is -0.395 e. The highest BCUT2D eigenvalue weighted by Crippen LogP contribution is 2.32. The molecule has 0 bridgehead atoms. The smallest absolute Gasteiger partial charge is 0.133 e. The van der Waals surface area contributed by atoms with Crippen molar-refractivity contribution in [2.75, 3.05) is 25.1 Å². The average molecular weight is 249 g/mol. The van der Waals surface area contributed by atoms with Crippen LogP contribution >= 0.6 is 0 Å². The molecule has 1 aliphatic carbocycles. The van der Waals surface area contributed by atoms with Gasteiger partial charge in [-0.1, -0.05) is 6.07 Å². The molecule has 1 saturated carbocycles. The zero-order chi connectivity index (χ0) is 13.0. The minimum absolute atomic E-state index is 0.181. The van der Waals surface area contributed by atoms with Crippen LogP contribution in [0.25, 0.3) is 0 Å². The molecule has 0 amide bonds. The van der Waals surface area contributed by atoms with E-state index in [4.69, 9.17) is 0 Å². The molecule has 1 aromatic rings. The van der Waals surface area contributed by atoms with E-state index in [0.717, 1.165) is 5.82 Å². The molecule has 1 unspecified atom stereocenters. The lowest BCUT2D eigenvalue weighted by Gasteiger charge is -2.39. The van der Waals surface area contributed by atoms with Crippen LogP contribution in [0.5, 0.6) is 0 Å². The zero-order valence-electron chi connectivity index (χ0n) is 11.3. The fourth-order valence-corrected chi connectivity index (χ4v) is 2.41. The summed E-state index contributed by atoms with van der Waals surface area (Å²) in [6, 6.07) is 4.92. The Hall–Kier alpha value is -1.13. The van der Waals surface area contributed by atoms with Gasteiger partial charge in [0, 0.05) is 30.4 Å². The van der Waals surface area contributed by atoms with Crippen molar-refractivity contribution < 1.29 is 5.11 Å². The molecule has 0 saturated heterocycles. The van der Waals surface area contributed by atoms with Crippen LogP contribution in [0.3, 0.4) is 0 Å². The average Bonchev–Trinajstić information content (AvgIpc) is 2.35. The van der Waals surface area contributed by atoms with Gasteiger partial charge < -0.3 is 15.3 Å². The lowest BCUT2D eigenvalue weighted by atomic mass is 9.91. The first-order valence-corrected chi connectivity index (χ1v) is 6.77. The summed E-state index contributed by atoms with van der Waals surface area (Å²) in [6.07, 6.45) is 5.55. The van der Waals surface area contributed by atoms with Crippen molar-refractivity contribution in [2.45, 2.75) is 38.3 Å². The molecule has 1 aromatic heterocycles. The molecule has 1 fully saturated rings. The Morgan fingerprint density at radius 2 is 2.33 bits per heavy atom. The molecule has 100 valence electrons. The van der Waals surface area contributed by atoms with Crippen molar-refractivity contribution in [1.29, 1.82) is 0 Å². The molecular formula is C14H23N3O. The maximum atomic E-state index is 9.27. The van der Waals surface area contributed by atoms with Crippen molar-refractivity contribution in [1.82, 2.24) is 10.3 Å². The van der Waals surface area contributed by atoms with Crippen molar-refractivity contribution in [3.05, 3.63) is 23.9 Å². The number of pyridine rings is 1. The number of nitrogens with zero attached hydrogens (tertiary/aromatic N) is 2. The predicted molar refractivity (Wildman–Crippen MR) is 73.8 cm³/mol. The van der Waals surface area contributed by atoms with Gasteiger partial charge in [-0.05, 0) is 39.3 Å².